The highest BCUT2D eigenvalue weighted by atomic mass is 16.6. The zero-order chi connectivity index (χ0) is 33.3. The molecule has 0 aliphatic heterocycles. The van der Waals surface area contributed by atoms with Crippen LogP contribution in [0.5, 0.6) is 0 Å². The lowest BCUT2D eigenvalue weighted by Gasteiger charge is -2.09. The topological polar surface area (TPSA) is 90.9 Å². The third-order valence-electron chi connectivity index (χ3n) is 7.60. The summed E-state index contributed by atoms with van der Waals surface area (Å²) in [7, 11) is 0. The van der Waals surface area contributed by atoms with E-state index in [4.69, 9.17) is 37.9 Å². The predicted octanol–water partition coefficient (Wildman–Crippen LogP) is 8.10. The molecule has 0 bridgehead atoms. The normalized spacial score (nSPS) is 11.4. The third-order valence-corrected chi connectivity index (χ3v) is 7.60. The summed E-state index contributed by atoms with van der Waals surface area (Å²) < 4.78 is 43.6. The average Bonchev–Trinajstić information content (AvgIpc) is 3.06. The third kappa shape index (κ3) is 41.2. The van der Waals surface area contributed by atoms with Crippen LogP contribution in [0.25, 0.3) is 0 Å². The smallest absolute Gasteiger partial charge is 0.305 e. The first-order valence-corrected chi connectivity index (χ1v) is 19.0. The van der Waals surface area contributed by atoms with Gasteiger partial charge >= 0.3 is 5.97 Å². The summed E-state index contributed by atoms with van der Waals surface area (Å²) >= 11 is 0. The van der Waals surface area contributed by atoms with Gasteiger partial charge in [0.05, 0.1) is 85.9 Å². The quantitative estimate of drug-likeness (QED) is 0.0476. The lowest BCUT2D eigenvalue weighted by atomic mass is 10.0. The van der Waals surface area contributed by atoms with Gasteiger partial charge in [0.25, 0.3) is 0 Å². The van der Waals surface area contributed by atoms with E-state index < -0.39 is 0 Å². The Balaban J connectivity index is 3.13. The predicted molar refractivity (Wildman–Crippen MR) is 186 cm³/mol. The van der Waals surface area contributed by atoms with E-state index in [2.05, 4.69) is 13.8 Å². The van der Waals surface area contributed by atoms with Gasteiger partial charge < -0.3 is 37.9 Å². The first-order valence-electron chi connectivity index (χ1n) is 19.0. The van der Waals surface area contributed by atoms with Crippen molar-refractivity contribution >= 4 is 5.97 Å². The highest BCUT2D eigenvalue weighted by Gasteiger charge is 2.03. The van der Waals surface area contributed by atoms with Crippen molar-refractivity contribution in [2.24, 2.45) is 0 Å². The summed E-state index contributed by atoms with van der Waals surface area (Å²) in [6, 6.07) is 0. The minimum Gasteiger partial charge on any atom is -0.463 e. The van der Waals surface area contributed by atoms with Gasteiger partial charge in [0.15, 0.2) is 0 Å². The molecular weight excluding hydrogens is 588 g/mol. The van der Waals surface area contributed by atoms with Crippen molar-refractivity contribution in [1.29, 1.82) is 0 Å². The van der Waals surface area contributed by atoms with Crippen LogP contribution in [-0.4, -0.2) is 105 Å². The van der Waals surface area contributed by atoms with Crippen LogP contribution in [0.15, 0.2) is 0 Å². The number of carbonyl (C=O) groups excluding carboxylic acids is 1. The molecule has 0 aromatic rings. The molecule has 0 spiro atoms. The molecule has 0 aliphatic carbocycles. The molecule has 0 fully saturated rings. The summed E-state index contributed by atoms with van der Waals surface area (Å²) in [6.45, 7) is 12.4. The molecule has 0 atom stereocenters. The second-order valence-corrected chi connectivity index (χ2v) is 11.9. The molecule has 276 valence electrons. The maximum Gasteiger partial charge on any atom is 0.305 e. The summed E-state index contributed by atoms with van der Waals surface area (Å²) in [5, 5.41) is 0. The number of ether oxygens (including phenoxy) is 8. The van der Waals surface area contributed by atoms with Crippen molar-refractivity contribution in [1.82, 2.24) is 0 Å². The fourth-order valence-corrected chi connectivity index (χ4v) is 4.80. The van der Waals surface area contributed by atoms with E-state index in [-0.39, 0.29) is 5.97 Å². The molecule has 0 unspecified atom stereocenters. The fraction of sp³-hybridized carbons (Fsp3) is 0.973. The molecule has 0 rings (SSSR count). The van der Waals surface area contributed by atoms with Gasteiger partial charge in [0.2, 0.25) is 0 Å². The molecule has 0 saturated carbocycles. The Kier molecular flexibility index (Phi) is 41.5. The van der Waals surface area contributed by atoms with Crippen molar-refractivity contribution in [3.8, 4) is 0 Å². The zero-order valence-electron chi connectivity index (χ0n) is 30.2. The van der Waals surface area contributed by atoms with Gasteiger partial charge in [-0.15, -0.1) is 0 Å². The SMILES string of the molecule is CCCCCCCCCCCCCCCCCC(=O)OCCOCCOCCOCCOCCOCCOCCOCCCCC. The van der Waals surface area contributed by atoms with E-state index in [9.17, 15) is 4.79 Å². The van der Waals surface area contributed by atoms with Crippen LogP contribution >= 0.6 is 0 Å². The van der Waals surface area contributed by atoms with Crippen LogP contribution in [-0.2, 0) is 42.7 Å². The summed E-state index contributed by atoms with van der Waals surface area (Å²) in [6.07, 6.45) is 23.9. The minimum absolute atomic E-state index is 0.122. The maximum absolute atomic E-state index is 11.9. The molecule has 0 aliphatic rings. The monoisotopic (exact) mass is 663 g/mol. The van der Waals surface area contributed by atoms with Crippen molar-refractivity contribution in [3.63, 3.8) is 0 Å². The van der Waals surface area contributed by atoms with Gasteiger partial charge in [-0.25, -0.2) is 0 Å². The summed E-state index contributed by atoms with van der Waals surface area (Å²) in [5.74, 6) is -0.122. The van der Waals surface area contributed by atoms with Gasteiger partial charge in [0, 0.05) is 13.0 Å². The molecular formula is C37H74O9. The van der Waals surface area contributed by atoms with Crippen LogP contribution in [0.3, 0.4) is 0 Å². The fourth-order valence-electron chi connectivity index (χ4n) is 4.80. The van der Waals surface area contributed by atoms with E-state index >= 15 is 0 Å². The molecule has 0 saturated heterocycles. The van der Waals surface area contributed by atoms with Crippen molar-refractivity contribution in [3.05, 3.63) is 0 Å². The van der Waals surface area contributed by atoms with Crippen LogP contribution in [0.1, 0.15) is 136 Å². The first kappa shape index (κ1) is 45.2. The minimum atomic E-state index is -0.122. The lowest BCUT2D eigenvalue weighted by Crippen LogP contribution is -2.15. The Labute approximate surface area is 283 Å². The molecule has 0 aromatic carbocycles. The maximum atomic E-state index is 11.9. The molecule has 0 heterocycles. The molecule has 0 aromatic heterocycles. The lowest BCUT2D eigenvalue weighted by molar-refractivity contribution is -0.145. The number of esters is 1. The number of hydrogen-bond donors (Lipinski definition) is 0. The largest absolute Gasteiger partial charge is 0.463 e. The van der Waals surface area contributed by atoms with Crippen LogP contribution in [0.4, 0.5) is 0 Å². The van der Waals surface area contributed by atoms with E-state index in [0.717, 1.165) is 25.9 Å². The standard InChI is InChI=1S/C37H74O9/c1-3-5-7-8-9-10-11-12-13-14-15-16-17-18-19-21-37(38)46-36-35-45-34-33-44-32-31-43-30-29-42-28-27-41-26-25-40-24-23-39-22-20-6-4-2/h3-36H2,1-2H3. The number of hydrogen-bond acceptors (Lipinski definition) is 9. The number of carbonyl (C=O) groups is 1. The molecule has 9 heteroatoms. The van der Waals surface area contributed by atoms with E-state index in [0.29, 0.717) is 98.9 Å². The highest BCUT2D eigenvalue weighted by Crippen LogP contribution is 2.13. The number of rotatable bonds is 41. The van der Waals surface area contributed by atoms with Crippen molar-refractivity contribution in [2.45, 2.75) is 136 Å². The summed E-state index contributed by atoms with van der Waals surface area (Å²) in [4.78, 5) is 11.9. The van der Waals surface area contributed by atoms with Gasteiger partial charge in [0.1, 0.15) is 6.61 Å². The molecule has 0 radical (unpaired) electrons. The van der Waals surface area contributed by atoms with Gasteiger partial charge in [-0.1, -0.05) is 117 Å². The van der Waals surface area contributed by atoms with Gasteiger partial charge in [-0.05, 0) is 12.8 Å². The van der Waals surface area contributed by atoms with Gasteiger partial charge in [-0.2, -0.15) is 0 Å². The summed E-state index contributed by atoms with van der Waals surface area (Å²) in [5.41, 5.74) is 0. The Morgan fingerprint density at radius 1 is 0.304 bits per heavy atom. The van der Waals surface area contributed by atoms with Crippen LogP contribution < -0.4 is 0 Å². The van der Waals surface area contributed by atoms with E-state index in [1.54, 1.807) is 0 Å². The second-order valence-electron chi connectivity index (χ2n) is 11.9. The Morgan fingerprint density at radius 3 is 0.913 bits per heavy atom. The second kappa shape index (κ2) is 42.2. The van der Waals surface area contributed by atoms with E-state index in [1.807, 2.05) is 0 Å². The van der Waals surface area contributed by atoms with Crippen LogP contribution in [0, 0.1) is 0 Å². The molecule has 46 heavy (non-hydrogen) atoms. The van der Waals surface area contributed by atoms with Crippen molar-refractivity contribution in [2.75, 3.05) is 99.1 Å². The average molecular weight is 663 g/mol. The molecule has 0 N–H and O–H groups in total. The van der Waals surface area contributed by atoms with Crippen molar-refractivity contribution < 1.29 is 42.7 Å². The first-order chi connectivity index (χ1) is 22.8. The Hall–Kier alpha value is -0.810. The Bertz CT molecular complexity index is 565. The van der Waals surface area contributed by atoms with Crippen LogP contribution in [0.2, 0.25) is 0 Å². The van der Waals surface area contributed by atoms with E-state index in [1.165, 1.54) is 96.3 Å². The van der Waals surface area contributed by atoms with Gasteiger partial charge in [-0.3, -0.25) is 4.79 Å². The molecule has 9 nitrogen and oxygen atoms in total. The highest BCUT2D eigenvalue weighted by molar-refractivity contribution is 5.69. The number of unbranched alkanes of at least 4 members (excludes halogenated alkanes) is 16. The zero-order valence-corrected chi connectivity index (χ0v) is 30.2. The molecule has 0 amide bonds. The Morgan fingerprint density at radius 2 is 0.565 bits per heavy atom.